The highest BCUT2D eigenvalue weighted by Gasteiger charge is 2.34. The van der Waals surface area contributed by atoms with Gasteiger partial charge in [0.25, 0.3) is 11.8 Å². The van der Waals surface area contributed by atoms with Gasteiger partial charge in [0.15, 0.2) is 11.5 Å². The minimum atomic E-state index is -0.281. The third-order valence-corrected chi connectivity index (χ3v) is 6.44. The number of imide groups is 1. The minimum absolute atomic E-state index is 0.211. The van der Waals surface area contributed by atoms with Crippen molar-refractivity contribution in [2.75, 3.05) is 34.0 Å². The quantitative estimate of drug-likeness (QED) is 0.244. The maximum Gasteiger partial charge on any atom is 0.262 e. The molecule has 2 aliphatic rings. The summed E-state index contributed by atoms with van der Waals surface area (Å²) in [6.45, 7) is 1.12. The zero-order valence-corrected chi connectivity index (χ0v) is 19.4. The fraction of sp³-hybridized carbons (Fsp3) is 0.179. The maximum atomic E-state index is 13.8. The summed E-state index contributed by atoms with van der Waals surface area (Å²) in [5.41, 5.74) is 2.61. The van der Waals surface area contributed by atoms with E-state index in [0.717, 1.165) is 21.7 Å². The molecule has 7 heteroatoms. The van der Waals surface area contributed by atoms with E-state index in [1.807, 2.05) is 73.6 Å². The molecule has 7 nitrogen and oxygen atoms in total. The Balaban J connectivity index is 1.53. The third kappa shape index (κ3) is 3.52. The topological polar surface area (TPSA) is 71.4 Å². The number of likely N-dealkylation sites (N-methyl/N-ethyl adjacent to an activating group) is 1. The van der Waals surface area contributed by atoms with Crippen molar-refractivity contribution in [2.24, 2.45) is 4.99 Å². The second-order valence-corrected chi connectivity index (χ2v) is 8.97. The maximum absolute atomic E-state index is 13.8. The van der Waals surface area contributed by atoms with Crippen molar-refractivity contribution in [1.29, 1.82) is 0 Å². The van der Waals surface area contributed by atoms with Gasteiger partial charge in [0.2, 0.25) is 6.79 Å². The van der Waals surface area contributed by atoms with Gasteiger partial charge in [-0.05, 0) is 66.8 Å². The smallest absolute Gasteiger partial charge is 0.262 e. The molecule has 0 saturated carbocycles. The molecule has 4 aromatic rings. The summed E-state index contributed by atoms with van der Waals surface area (Å²) in [6.07, 6.45) is 1.75. The number of aliphatic imine (C=N–C) groups is 1. The number of nitrogens with zero attached hydrogens (tertiary/aromatic N) is 3. The van der Waals surface area contributed by atoms with Gasteiger partial charge in [-0.15, -0.1) is 0 Å². The van der Waals surface area contributed by atoms with Gasteiger partial charge in [0.1, 0.15) is 0 Å². The van der Waals surface area contributed by atoms with Gasteiger partial charge in [0.05, 0.1) is 11.3 Å². The van der Waals surface area contributed by atoms with Crippen molar-refractivity contribution < 1.29 is 19.1 Å². The van der Waals surface area contributed by atoms with Gasteiger partial charge < -0.3 is 14.4 Å². The number of benzene rings is 4. The summed E-state index contributed by atoms with van der Waals surface area (Å²) >= 11 is 0. The highest BCUT2D eigenvalue weighted by Crippen LogP contribution is 2.40. The molecule has 2 heterocycles. The summed E-state index contributed by atoms with van der Waals surface area (Å²) in [5.74, 6) is 0.860. The van der Waals surface area contributed by atoms with Gasteiger partial charge in [-0.25, -0.2) is 0 Å². The molecule has 0 radical (unpaired) electrons. The molecule has 35 heavy (non-hydrogen) atoms. The summed E-state index contributed by atoms with van der Waals surface area (Å²) in [7, 11) is 3.85. The van der Waals surface area contributed by atoms with E-state index in [1.54, 1.807) is 12.3 Å². The van der Waals surface area contributed by atoms with Crippen LogP contribution in [0.4, 0.5) is 5.69 Å². The number of fused-ring (bicyclic) bond motifs is 3. The van der Waals surface area contributed by atoms with E-state index in [9.17, 15) is 9.59 Å². The fourth-order valence-corrected chi connectivity index (χ4v) is 4.73. The zero-order chi connectivity index (χ0) is 24.1. The van der Waals surface area contributed by atoms with Crippen LogP contribution in [-0.2, 0) is 0 Å². The van der Waals surface area contributed by atoms with E-state index in [0.29, 0.717) is 46.8 Å². The van der Waals surface area contributed by atoms with Crippen molar-refractivity contribution in [3.8, 4) is 11.5 Å². The number of carbonyl (C=O) groups excluding carboxylic acids is 2. The lowest BCUT2D eigenvalue weighted by atomic mass is 9.89. The molecule has 0 bridgehead atoms. The zero-order valence-electron chi connectivity index (χ0n) is 19.4. The number of hydrogen-bond donors (Lipinski definition) is 0. The van der Waals surface area contributed by atoms with E-state index < -0.39 is 0 Å². The predicted molar refractivity (Wildman–Crippen MR) is 135 cm³/mol. The molecule has 0 fully saturated rings. The molecule has 0 unspecified atom stereocenters. The van der Waals surface area contributed by atoms with Crippen LogP contribution in [0.2, 0.25) is 0 Å². The minimum Gasteiger partial charge on any atom is -0.454 e. The lowest BCUT2D eigenvalue weighted by Gasteiger charge is -2.29. The Labute approximate surface area is 202 Å². The van der Waals surface area contributed by atoms with Gasteiger partial charge in [-0.2, -0.15) is 0 Å². The van der Waals surface area contributed by atoms with Crippen LogP contribution in [0.5, 0.6) is 11.5 Å². The Bertz CT molecular complexity index is 1560. The van der Waals surface area contributed by atoms with Crippen LogP contribution in [-0.4, -0.2) is 61.8 Å². The molecule has 2 amide bonds. The van der Waals surface area contributed by atoms with E-state index in [1.165, 1.54) is 4.90 Å². The van der Waals surface area contributed by atoms with Crippen molar-refractivity contribution in [2.45, 2.75) is 0 Å². The largest absolute Gasteiger partial charge is 0.454 e. The van der Waals surface area contributed by atoms with Crippen molar-refractivity contribution >= 4 is 45.3 Å². The SMILES string of the molecule is CN(C)CCN1C(=O)c2cccc3cc4cccc(/N=C\c5ccc6c(c5)OCO6)c4c(c23)C1=O. The standard InChI is InChI=1S/C28H23N3O4/c1-30(2)11-12-31-27(32)20-7-3-5-18-14-19-6-4-8-21(25(19)26(24(18)20)28(31)33)29-15-17-9-10-22-23(13-17)35-16-34-22/h3-10,13-15H,11-12,16H2,1-2H3/b29-15-. The van der Waals surface area contributed by atoms with Gasteiger partial charge >= 0.3 is 0 Å². The monoisotopic (exact) mass is 465 g/mol. The molecule has 0 spiro atoms. The average Bonchev–Trinajstić information content (AvgIpc) is 3.32. The Morgan fingerprint density at radius 3 is 2.51 bits per heavy atom. The predicted octanol–water partition coefficient (Wildman–Crippen LogP) is 4.63. The summed E-state index contributed by atoms with van der Waals surface area (Å²) < 4.78 is 10.9. The van der Waals surface area contributed by atoms with E-state index >= 15 is 0 Å². The summed E-state index contributed by atoms with van der Waals surface area (Å²) in [4.78, 5) is 35.2. The first-order valence-corrected chi connectivity index (χ1v) is 11.4. The van der Waals surface area contributed by atoms with Crippen molar-refractivity contribution in [3.63, 3.8) is 0 Å². The number of rotatable bonds is 5. The molecular weight excluding hydrogens is 442 g/mol. The summed E-state index contributed by atoms with van der Waals surface area (Å²) in [6, 6.07) is 19.1. The molecular formula is C28H23N3O4. The normalized spacial score (nSPS) is 14.8. The number of carbonyl (C=O) groups is 2. The Morgan fingerprint density at radius 2 is 1.69 bits per heavy atom. The first kappa shape index (κ1) is 21.3. The van der Waals surface area contributed by atoms with Crippen LogP contribution in [0.1, 0.15) is 26.3 Å². The number of ether oxygens (including phenoxy) is 2. The lowest BCUT2D eigenvalue weighted by Crippen LogP contribution is -2.43. The Morgan fingerprint density at radius 1 is 0.914 bits per heavy atom. The average molecular weight is 466 g/mol. The molecule has 0 aromatic heterocycles. The van der Waals surface area contributed by atoms with Crippen molar-refractivity contribution in [1.82, 2.24) is 9.80 Å². The Kier molecular flexibility index (Phi) is 5.00. The second kappa shape index (κ2) is 8.21. The Hall–Kier alpha value is -4.23. The summed E-state index contributed by atoms with van der Waals surface area (Å²) in [5, 5.41) is 3.22. The fourth-order valence-electron chi connectivity index (χ4n) is 4.73. The van der Waals surface area contributed by atoms with Gasteiger partial charge in [-0.3, -0.25) is 19.5 Å². The highest BCUT2D eigenvalue weighted by atomic mass is 16.7. The second-order valence-electron chi connectivity index (χ2n) is 8.97. The molecule has 0 N–H and O–H groups in total. The molecule has 0 saturated heterocycles. The van der Waals surface area contributed by atoms with Crippen LogP contribution >= 0.6 is 0 Å². The van der Waals surface area contributed by atoms with Gasteiger partial charge in [-0.1, -0.05) is 24.3 Å². The van der Waals surface area contributed by atoms with E-state index in [2.05, 4.69) is 0 Å². The first-order valence-electron chi connectivity index (χ1n) is 11.4. The van der Waals surface area contributed by atoms with Gasteiger partial charge in [0, 0.05) is 35.6 Å². The number of amides is 2. The van der Waals surface area contributed by atoms with Crippen LogP contribution in [0.15, 0.2) is 65.7 Å². The molecule has 2 aliphatic heterocycles. The lowest BCUT2D eigenvalue weighted by molar-refractivity contribution is 0.0602. The molecule has 0 aliphatic carbocycles. The van der Waals surface area contributed by atoms with Crippen molar-refractivity contribution in [3.05, 3.63) is 77.4 Å². The van der Waals surface area contributed by atoms with Crippen LogP contribution in [0, 0.1) is 0 Å². The molecule has 174 valence electrons. The van der Waals surface area contributed by atoms with Crippen LogP contribution in [0.25, 0.3) is 21.5 Å². The first-order chi connectivity index (χ1) is 17.0. The number of hydrogen-bond acceptors (Lipinski definition) is 6. The molecule has 6 rings (SSSR count). The third-order valence-electron chi connectivity index (χ3n) is 6.44. The molecule has 4 aromatic carbocycles. The van der Waals surface area contributed by atoms with E-state index in [-0.39, 0.29) is 18.6 Å². The van der Waals surface area contributed by atoms with Crippen LogP contribution in [0.3, 0.4) is 0 Å². The van der Waals surface area contributed by atoms with Crippen LogP contribution < -0.4 is 9.47 Å². The molecule has 0 atom stereocenters. The van der Waals surface area contributed by atoms with E-state index in [4.69, 9.17) is 14.5 Å². The highest BCUT2D eigenvalue weighted by molar-refractivity contribution is 6.31.